The maximum Gasteiger partial charge on any atom is 0.187 e. The molecule has 2 rings (SSSR count). The summed E-state index contributed by atoms with van der Waals surface area (Å²) in [6, 6.07) is 16.2. The van der Waals surface area contributed by atoms with Crippen molar-refractivity contribution in [2.45, 2.75) is 19.1 Å². The lowest BCUT2D eigenvalue weighted by atomic mass is 10.0. The molecule has 0 aromatic heterocycles. The van der Waals surface area contributed by atoms with Crippen LogP contribution in [0.15, 0.2) is 66.9 Å². The van der Waals surface area contributed by atoms with Crippen molar-refractivity contribution in [3.63, 3.8) is 0 Å². The number of rotatable bonds is 7. The second kappa shape index (κ2) is 8.15. The van der Waals surface area contributed by atoms with Gasteiger partial charge in [-0.15, -0.1) is 0 Å². The van der Waals surface area contributed by atoms with Crippen LogP contribution in [0.4, 0.5) is 0 Å². The third-order valence-electron chi connectivity index (χ3n) is 3.56. The van der Waals surface area contributed by atoms with Crippen LogP contribution in [0.2, 0.25) is 0 Å². The average molecular weight is 311 g/mol. The van der Waals surface area contributed by atoms with Gasteiger partial charge in [0.05, 0.1) is 19.3 Å². The average Bonchev–Trinajstić information content (AvgIpc) is 2.61. The summed E-state index contributed by atoms with van der Waals surface area (Å²) in [5.74, 6) is 0.517. The van der Waals surface area contributed by atoms with Gasteiger partial charge in [-0.3, -0.25) is 4.79 Å². The van der Waals surface area contributed by atoms with Gasteiger partial charge in [0.1, 0.15) is 5.75 Å². The van der Waals surface area contributed by atoms with Crippen LogP contribution in [0.3, 0.4) is 0 Å². The van der Waals surface area contributed by atoms with Gasteiger partial charge in [0, 0.05) is 17.8 Å². The molecule has 0 aliphatic rings. The first kappa shape index (κ1) is 16.8. The first-order chi connectivity index (χ1) is 11.1. The molecule has 4 heteroatoms. The second-order valence-corrected chi connectivity index (χ2v) is 5.24. The van der Waals surface area contributed by atoms with Crippen molar-refractivity contribution in [1.82, 2.24) is 5.32 Å². The van der Waals surface area contributed by atoms with Gasteiger partial charge < -0.3 is 15.2 Å². The van der Waals surface area contributed by atoms with Crippen molar-refractivity contribution in [2.24, 2.45) is 0 Å². The highest BCUT2D eigenvalue weighted by Crippen LogP contribution is 2.16. The summed E-state index contributed by atoms with van der Waals surface area (Å²) in [5, 5.41) is 13.3. The summed E-state index contributed by atoms with van der Waals surface area (Å²) in [6.07, 6.45) is 2.37. The smallest absolute Gasteiger partial charge is 0.187 e. The molecule has 0 radical (unpaired) electrons. The molecule has 4 nitrogen and oxygen atoms in total. The molecule has 2 unspecified atom stereocenters. The summed E-state index contributed by atoms with van der Waals surface area (Å²) < 4.78 is 5.10. The summed E-state index contributed by atoms with van der Waals surface area (Å²) in [7, 11) is 1.56. The zero-order valence-electron chi connectivity index (χ0n) is 13.3. The molecular formula is C19H21NO3. The van der Waals surface area contributed by atoms with Crippen molar-refractivity contribution in [2.75, 3.05) is 7.11 Å². The molecule has 2 atom stereocenters. The van der Waals surface area contributed by atoms with Gasteiger partial charge >= 0.3 is 0 Å². The van der Waals surface area contributed by atoms with Gasteiger partial charge in [0.15, 0.2) is 5.78 Å². The van der Waals surface area contributed by atoms with E-state index >= 15 is 0 Å². The Bertz CT molecular complexity index is 667. The van der Waals surface area contributed by atoms with E-state index in [0.717, 1.165) is 5.56 Å². The lowest BCUT2D eigenvalue weighted by molar-refractivity contribution is 0.104. The van der Waals surface area contributed by atoms with Gasteiger partial charge in [0.2, 0.25) is 0 Å². The topological polar surface area (TPSA) is 58.6 Å². The number of ketones is 1. The second-order valence-electron chi connectivity index (χ2n) is 5.24. The number of ether oxygens (including phenoxy) is 1. The molecule has 2 aromatic rings. The van der Waals surface area contributed by atoms with Gasteiger partial charge in [-0.1, -0.05) is 42.5 Å². The SMILES string of the molecule is COc1cccc(C(=O)/C=C/NC(C)C(O)c2ccccc2)c1. The Morgan fingerprint density at radius 3 is 2.61 bits per heavy atom. The van der Waals surface area contributed by atoms with Crippen LogP contribution in [0.5, 0.6) is 5.75 Å². The maximum atomic E-state index is 12.1. The Balaban J connectivity index is 1.94. The molecule has 2 N–H and O–H groups in total. The van der Waals surface area contributed by atoms with Crippen molar-refractivity contribution < 1.29 is 14.6 Å². The number of aliphatic hydroxyl groups excluding tert-OH is 1. The van der Waals surface area contributed by atoms with E-state index in [-0.39, 0.29) is 11.8 Å². The van der Waals surface area contributed by atoms with E-state index in [9.17, 15) is 9.90 Å². The predicted octanol–water partition coefficient (Wildman–Crippen LogP) is 3.10. The number of methoxy groups -OCH3 is 1. The third-order valence-corrected chi connectivity index (χ3v) is 3.56. The fraction of sp³-hybridized carbons (Fsp3) is 0.211. The Hall–Kier alpha value is -2.59. The number of aliphatic hydroxyl groups is 1. The molecule has 0 spiro atoms. The van der Waals surface area contributed by atoms with Crippen LogP contribution in [0, 0.1) is 0 Å². The molecule has 0 heterocycles. The van der Waals surface area contributed by atoms with Gasteiger partial charge in [-0.25, -0.2) is 0 Å². The number of carbonyl (C=O) groups excluding carboxylic acids is 1. The Morgan fingerprint density at radius 2 is 1.91 bits per heavy atom. The largest absolute Gasteiger partial charge is 0.497 e. The minimum Gasteiger partial charge on any atom is -0.497 e. The van der Waals surface area contributed by atoms with Crippen molar-refractivity contribution in [1.29, 1.82) is 0 Å². The van der Waals surface area contributed by atoms with Crippen LogP contribution in [0.1, 0.15) is 28.9 Å². The van der Waals surface area contributed by atoms with E-state index in [4.69, 9.17) is 4.74 Å². The first-order valence-electron chi connectivity index (χ1n) is 7.46. The van der Waals surface area contributed by atoms with E-state index in [0.29, 0.717) is 11.3 Å². The molecule has 120 valence electrons. The fourth-order valence-corrected chi connectivity index (χ4v) is 2.18. The van der Waals surface area contributed by atoms with Gasteiger partial charge in [-0.05, 0) is 24.6 Å². The molecule has 23 heavy (non-hydrogen) atoms. The third kappa shape index (κ3) is 4.69. The number of hydrogen-bond donors (Lipinski definition) is 2. The fourth-order valence-electron chi connectivity index (χ4n) is 2.18. The van der Waals surface area contributed by atoms with Crippen LogP contribution < -0.4 is 10.1 Å². The Labute approximate surface area is 136 Å². The Kier molecular flexibility index (Phi) is 5.94. The minimum absolute atomic E-state index is 0.127. The number of nitrogens with one attached hydrogen (secondary N) is 1. The minimum atomic E-state index is -0.646. The van der Waals surface area contributed by atoms with E-state index in [1.54, 1.807) is 37.6 Å². The van der Waals surface area contributed by atoms with E-state index in [1.807, 2.05) is 37.3 Å². The van der Waals surface area contributed by atoms with E-state index in [1.165, 1.54) is 6.08 Å². The van der Waals surface area contributed by atoms with Crippen LogP contribution in [-0.2, 0) is 0 Å². The summed E-state index contributed by atoms with van der Waals surface area (Å²) in [6.45, 7) is 1.86. The maximum absolute atomic E-state index is 12.1. The molecular weight excluding hydrogens is 290 g/mol. The van der Waals surface area contributed by atoms with Gasteiger partial charge in [-0.2, -0.15) is 0 Å². The highest BCUT2D eigenvalue weighted by molar-refractivity contribution is 6.04. The molecule has 2 aromatic carbocycles. The van der Waals surface area contributed by atoms with E-state index in [2.05, 4.69) is 5.32 Å². The molecule has 0 aliphatic carbocycles. The molecule has 0 saturated carbocycles. The first-order valence-corrected chi connectivity index (χ1v) is 7.46. The number of hydrogen-bond acceptors (Lipinski definition) is 4. The summed E-state index contributed by atoms with van der Waals surface area (Å²) in [5.41, 5.74) is 1.39. The summed E-state index contributed by atoms with van der Waals surface area (Å²) in [4.78, 5) is 12.1. The molecule has 0 fully saturated rings. The normalized spacial score (nSPS) is 13.5. The highest BCUT2D eigenvalue weighted by atomic mass is 16.5. The highest BCUT2D eigenvalue weighted by Gasteiger charge is 2.14. The van der Waals surface area contributed by atoms with Crippen LogP contribution >= 0.6 is 0 Å². The van der Waals surface area contributed by atoms with Crippen molar-refractivity contribution in [3.8, 4) is 5.75 Å². The van der Waals surface area contributed by atoms with Crippen molar-refractivity contribution >= 4 is 5.78 Å². The Morgan fingerprint density at radius 1 is 1.17 bits per heavy atom. The van der Waals surface area contributed by atoms with Crippen molar-refractivity contribution in [3.05, 3.63) is 78.0 Å². The zero-order chi connectivity index (χ0) is 16.7. The molecule has 0 saturated heterocycles. The predicted molar refractivity (Wildman–Crippen MR) is 90.5 cm³/mol. The van der Waals surface area contributed by atoms with Crippen LogP contribution in [0.25, 0.3) is 0 Å². The number of benzene rings is 2. The number of carbonyl (C=O) groups is 1. The number of allylic oxidation sites excluding steroid dienone is 1. The van der Waals surface area contributed by atoms with Crippen LogP contribution in [-0.4, -0.2) is 24.0 Å². The molecule has 0 bridgehead atoms. The zero-order valence-corrected chi connectivity index (χ0v) is 13.3. The molecule has 0 aliphatic heterocycles. The van der Waals surface area contributed by atoms with Gasteiger partial charge in [0.25, 0.3) is 0 Å². The lowest BCUT2D eigenvalue weighted by Gasteiger charge is -2.19. The monoisotopic (exact) mass is 311 g/mol. The summed E-state index contributed by atoms with van der Waals surface area (Å²) >= 11 is 0. The molecule has 0 amide bonds. The standard InChI is InChI=1S/C19H21NO3/c1-14(19(22)15-7-4-3-5-8-15)20-12-11-18(21)16-9-6-10-17(13-16)23-2/h3-14,19-20,22H,1-2H3/b12-11+. The lowest BCUT2D eigenvalue weighted by Crippen LogP contribution is -2.28. The van der Waals surface area contributed by atoms with E-state index < -0.39 is 6.10 Å². The quantitative estimate of drug-likeness (QED) is 0.609.